The minimum absolute atomic E-state index is 0.136. The molecule has 0 radical (unpaired) electrons. The van der Waals surface area contributed by atoms with Gasteiger partial charge in [-0.05, 0) is 38.0 Å². The molecule has 0 unspecified atom stereocenters. The number of nitrogens with one attached hydrogen (secondary N) is 2. The van der Waals surface area contributed by atoms with Crippen LogP contribution in [0.15, 0.2) is 41.5 Å². The Hall–Kier alpha value is -3.71. The van der Waals surface area contributed by atoms with E-state index in [2.05, 4.69) is 35.3 Å². The lowest BCUT2D eigenvalue weighted by Crippen LogP contribution is -2.52. The first kappa shape index (κ1) is 23.4. The number of carbonyl (C=O) groups excluding carboxylic acids is 1. The molecule has 1 aromatic carbocycles. The Balaban J connectivity index is 1.34. The van der Waals surface area contributed by atoms with E-state index in [4.69, 9.17) is 5.26 Å². The monoisotopic (exact) mass is 464 g/mol. The number of nitrogens with zero attached hydrogens (tertiary/aromatic N) is 6. The first-order valence-corrected chi connectivity index (χ1v) is 11.5. The first-order valence-electron chi connectivity index (χ1n) is 11.5. The van der Waals surface area contributed by atoms with E-state index in [-0.39, 0.29) is 5.69 Å². The number of aromatic nitrogens is 1. The van der Waals surface area contributed by atoms with Crippen molar-refractivity contribution in [2.75, 3.05) is 49.9 Å². The van der Waals surface area contributed by atoms with Crippen molar-refractivity contribution in [3.63, 3.8) is 0 Å². The highest BCUT2D eigenvalue weighted by Crippen LogP contribution is 2.21. The van der Waals surface area contributed by atoms with E-state index in [1.54, 1.807) is 36.5 Å². The van der Waals surface area contributed by atoms with Gasteiger partial charge in [0.05, 0.1) is 5.69 Å². The highest BCUT2D eigenvalue weighted by Gasteiger charge is 2.26. The number of nitriles is 1. The summed E-state index contributed by atoms with van der Waals surface area (Å²) in [5, 5.41) is 14.4. The number of piperazine rings is 1. The molecule has 1 aromatic heterocycles. The van der Waals surface area contributed by atoms with Gasteiger partial charge in [-0.25, -0.2) is 9.18 Å². The molecule has 2 fully saturated rings. The van der Waals surface area contributed by atoms with Crippen LogP contribution in [0.2, 0.25) is 0 Å². The molecular formula is C24H29FN8O. The summed E-state index contributed by atoms with van der Waals surface area (Å²) in [6.07, 6.45) is 5.78. The molecule has 2 aromatic rings. The minimum Gasteiger partial charge on any atom is -0.342 e. The summed E-state index contributed by atoms with van der Waals surface area (Å²) in [7, 11) is 0. The van der Waals surface area contributed by atoms with Crippen LogP contribution in [-0.4, -0.2) is 70.9 Å². The number of hydrogen-bond acceptors (Lipinski definition) is 5. The number of pyridine rings is 1. The second kappa shape index (κ2) is 10.9. The van der Waals surface area contributed by atoms with Crippen LogP contribution in [0.1, 0.15) is 24.1 Å². The molecule has 2 aliphatic heterocycles. The van der Waals surface area contributed by atoms with Crippen LogP contribution in [0.4, 0.5) is 20.6 Å². The van der Waals surface area contributed by atoms with Crippen LogP contribution in [0, 0.1) is 24.2 Å². The Labute approximate surface area is 198 Å². The Bertz CT molecular complexity index is 1080. The fourth-order valence-electron chi connectivity index (χ4n) is 4.36. The van der Waals surface area contributed by atoms with Gasteiger partial charge in [-0.3, -0.25) is 9.88 Å². The number of halogens is 1. The largest absolute Gasteiger partial charge is 0.342 e. The smallest absolute Gasteiger partial charge is 0.323 e. The predicted molar refractivity (Wildman–Crippen MR) is 129 cm³/mol. The number of carbonyl (C=O) groups is 1. The van der Waals surface area contributed by atoms with Crippen LogP contribution in [0.25, 0.3) is 0 Å². The Morgan fingerprint density at radius 3 is 2.56 bits per heavy atom. The van der Waals surface area contributed by atoms with Gasteiger partial charge in [-0.1, -0.05) is 12.1 Å². The molecule has 178 valence electrons. The highest BCUT2D eigenvalue weighted by atomic mass is 19.1. The number of benzene rings is 1. The molecule has 2 amide bonds. The maximum Gasteiger partial charge on any atom is 0.323 e. The number of aliphatic imine (C=N–C) groups is 1. The molecule has 9 nitrogen and oxygen atoms in total. The summed E-state index contributed by atoms with van der Waals surface area (Å²) in [4.78, 5) is 27.0. The maximum atomic E-state index is 15.1. The van der Waals surface area contributed by atoms with Gasteiger partial charge in [0.2, 0.25) is 12.2 Å². The Morgan fingerprint density at radius 2 is 1.85 bits per heavy atom. The number of hydrogen-bond donors (Lipinski definition) is 2. The maximum absolute atomic E-state index is 15.1. The van der Waals surface area contributed by atoms with E-state index in [1.807, 2.05) is 13.1 Å². The second-order valence-corrected chi connectivity index (χ2v) is 8.51. The van der Waals surface area contributed by atoms with Crippen LogP contribution < -0.4 is 10.6 Å². The Morgan fingerprint density at radius 1 is 1.12 bits per heavy atom. The minimum atomic E-state index is -0.513. The highest BCUT2D eigenvalue weighted by molar-refractivity contribution is 5.99. The van der Waals surface area contributed by atoms with Crippen molar-refractivity contribution in [2.45, 2.75) is 26.3 Å². The normalized spacial score (nSPS) is 16.9. The Kier molecular flexibility index (Phi) is 7.54. The molecule has 34 heavy (non-hydrogen) atoms. The number of rotatable bonds is 4. The summed E-state index contributed by atoms with van der Waals surface area (Å²) in [5.41, 5.74) is 2.03. The molecule has 0 bridgehead atoms. The first-order chi connectivity index (χ1) is 16.5. The van der Waals surface area contributed by atoms with Gasteiger partial charge < -0.3 is 20.4 Å². The molecule has 10 heteroatoms. The summed E-state index contributed by atoms with van der Waals surface area (Å²) in [5.74, 6) is 0.321. The molecule has 0 aliphatic carbocycles. The lowest BCUT2D eigenvalue weighted by molar-refractivity contribution is 0.163. The zero-order chi connectivity index (χ0) is 23.9. The average Bonchev–Trinajstić information content (AvgIpc) is 3.35. The van der Waals surface area contributed by atoms with Crippen LogP contribution >= 0.6 is 0 Å². The average molecular weight is 465 g/mol. The predicted octanol–water partition coefficient (Wildman–Crippen LogP) is 3.22. The lowest BCUT2D eigenvalue weighted by Gasteiger charge is -2.38. The quantitative estimate of drug-likeness (QED) is 0.409. The summed E-state index contributed by atoms with van der Waals surface area (Å²) in [6.45, 7) is 7.05. The van der Waals surface area contributed by atoms with E-state index in [1.165, 1.54) is 0 Å². The van der Waals surface area contributed by atoms with E-state index < -0.39 is 11.8 Å². The molecular weight excluding hydrogens is 435 g/mol. The number of likely N-dealkylation sites (tertiary alicyclic amines) is 1. The van der Waals surface area contributed by atoms with Crippen molar-refractivity contribution >= 4 is 23.4 Å². The molecule has 0 saturated carbocycles. The van der Waals surface area contributed by atoms with Gasteiger partial charge in [0.25, 0.3) is 0 Å². The number of aryl methyl sites for hydroxylation is 1. The van der Waals surface area contributed by atoms with Crippen molar-refractivity contribution in [3.05, 3.63) is 53.6 Å². The fraction of sp³-hybridized carbons (Fsp3) is 0.417. The summed E-state index contributed by atoms with van der Waals surface area (Å²) < 4.78 is 15.1. The lowest BCUT2D eigenvalue weighted by atomic mass is 10.1. The van der Waals surface area contributed by atoms with Gasteiger partial charge in [0.15, 0.2) is 5.82 Å². The van der Waals surface area contributed by atoms with Crippen LogP contribution in [0.3, 0.4) is 0 Å². The SMILES string of the molecule is Cc1cc(NC(=O)Nc2cccc(CN3CCN(C(=NC#N)N4CCCC4)CC3)c2F)ccn1. The van der Waals surface area contributed by atoms with E-state index in [0.29, 0.717) is 17.8 Å². The molecule has 3 heterocycles. The van der Waals surface area contributed by atoms with Crippen molar-refractivity contribution in [1.82, 2.24) is 19.7 Å². The van der Waals surface area contributed by atoms with Gasteiger partial charge in [-0.15, -0.1) is 4.99 Å². The molecule has 0 spiro atoms. The van der Waals surface area contributed by atoms with Crippen LogP contribution in [-0.2, 0) is 6.54 Å². The zero-order valence-corrected chi connectivity index (χ0v) is 19.3. The molecule has 2 aliphatic rings. The summed E-state index contributed by atoms with van der Waals surface area (Å²) in [6, 6.07) is 7.93. The fourth-order valence-corrected chi connectivity index (χ4v) is 4.36. The molecule has 0 atom stereocenters. The third-order valence-corrected chi connectivity index (χ3v) is 6.07. The van der Waals surface area contributed by atoms with Gasteiger partial charge >= 0.3 is 6.03 Å². The van der Waals surface area contributed by atoms with Gasteiger partial charge in [-0.2, -0.15) is 5.26 Å². The van der Waals surface area contributed by atoms with Crippen molar-refractivity contribution in [3.8, 4) is 6.19 Å². The van der Waals surface area contributed by atoms with Gasteiger partial charge in [0, 0.05) is 69.0 Å². The summed E-state index contributed by atoms with van der Waals surface area (Å²) >= 11 is 0. The van der Waals surface area contributed by atoms with Crippen molar-refractivity contribution in [2.24, 2.45) is 4.99 Å². The van der Waals surface area contributed by atoms with E-state index in [0.717, 1.165) is 63.8 Å². The van der Waals surface area contributed by atoms with Crippen molar-refractivity contribution < 1.29 is 9.18 Å². The van der Waals surface area contributed by atoms with Crippen molar-refractivity contribution in [1.29, 1.82) is 5.26 Å². The third kappa shape index (κ3) is 5.80. The van der Waals surface area contributed by atoms with E-state index in [9.17, 15) is 4.79 Å². The van der Waals surface area contributed by atoms with Gasteiger partial charge in [0.1, 0.15) is 0 Å². The number of anilines is 2. The molecule has 2 N–H and O–H groups in total. The van der Waals surface area contributed by atoms with E-state index >= 15 is 4.39 Å². The topological polar surface area (TPSA) is 99.9 Å². The second-order valence-electron chi connectivity index (χ2n) is 8.51. The molecule has 2 saturated heterocycles. The number of amides is 2. The molecule has 4 rings (SSSR count). The number of urea groups is 1. The third-order valence-electron chi connectivity index (χ3n) is 6.07. The van der Waals surface area contributed by atoms with Crippen LogP contribution in [0.5, 0.6) is 0 Å². The number of guanidine groups is 1. The zero-order valence-electron chi connectivity index (χ0n) is 19.3. The standard InChI is InChI=1S/C24H29FN8O/c1-18-15-20(7-8-27-18)29-23(34)30-21-6-4-5-19(22(21)25)16-31-11-13-33(14-12-31)24(28-17-26)32-9-2-3-10-32/h4-8,15H,2-3,9-14,16H2,1H3,(H2,27,29,30,34).